The van der Waals surface area contributed by atoms with Crippen LogP contribution in [-0.2, 0) is 9.84 Å². The second-order valence-corrected chi connectivity index (χ2v) is 5.79. The number of nitrogens with two attached hydrogens (primary N) is 1. The van der Waals surface area contributed by atoms with E-state index in [1.807, 2.05) is 6.07 Å². The lowest BCUT2D eigenvalue weighted by atomic mass is 10.0. The van der Waals surface area contributed by atoms with Crippen LogP contribution in [0.4, 0.5) is 0 Å². The van der Waals surface area contributed by atoms with Gasteiger partial charge < -0.3 is 5.73 Å². The summed E-state index contributed by atoms with van der Waals surface area (Å²) >= 11 is 0. The number of nitriles is 1. The van der Waals surface area contributed by atoms with Gasteiger partial charge in [0.1, 0.15) is 15.4 Å². The quantitative estimate of drug-likeness (QED) is 0.618. The van der Waals surface area contributed by atoms with Gasteiger partial charge in [0, 0.05) is 6.26 Å². The summed E-state index contributed by atoms with van der Waals surface area (Å²) in [6.45, 7) is 0. The maximum Gasteiger partial charge on any atom is 0.150 e. The lowest BCUT2D eigenvalue weighted by molar-refractivity contribution is 0.554. The number of hydrogen-bond acceptors (Lipinski definition) is 4. The lowest BCUT2D eigenvalue weighted by Crippen LogP contribution is -2.36. The molecule has 0 radical (unpaired) electrons. The molecule has 2 N–H and O–H groups in total. The predicted molar refractivity (Wildman–Crippen MR) is 45.0 cm³/mol. The smallest absolute Gasteiger partial charge is 0.150 e. The summed E-state index contributed by atoms with van der Waals surface area (Å²) in [6, 6.07) is 1.96. The topological polar surface area (TPSA) is 83.9 Å². The Labute approximate surface area is 72.3 Å². The van der Waals surface area contributed by atoms with Crippen LogP contribution in [-0.4, -0.2) is 25.5 Å². The Kier molecular flexibility index (Phi) is 2.15. The summed E-state index contributed by atoms with van der Waals surface area (Å²) in [5.74, 6) is 0. The molecule has 1 aliphatic rings. The third-order valence-corrected chi connectivity index (χ3v) is 3.95. The van der Waals surface area contributed by atoms with Crippen molar-refractivity contribution >= 4 is 9.84 Å². The molecule has 0 aliphatic heterocycles. The predicted octanol–water partition coefficient (Wildman–Crippen LogP) is -0.195. The molecule has 0 bridgehead atoms. The zero-order chi connectivity index (χ0) is 9.41. The first-order valence-corrected chi connectivity index (χ1v) is 5.72. The molecule has 4 nitrogen and oxygen atoms in total. The van der Waals surface area contributed by atoms with Gasteiger partial charge in [-0.25, -0.2) is 8.42 Å². The summed E-state index contributed by atoms with van der Waals surface area (Å²) in [6.07, 6.45) is 2.48. The molecular formula is C7H12N2O2S. The van der Waals surface area contributed by atoms with Gasteiger partial charge in [0.25, 0.3) is 0 Å². The largest absolute Gasteiger partial charge is 0.313 e. The zero-order valence-electron chi connectivity index (χ0n) is 6.95. The second kappa shape index (κ2) is 2.71. The Morgan fingerprint density at radius 2 is 2.25 bits per heavy atom. The van der Waals surface area contributed by atoms with Crippen molar-refractivity contribution in [3.05, 3.63) is 0 Å². The highest BCUT2D eigenvalue weighted by Gasteiger charge is 2.40. The van der Waals surface area contributed by atoms with E-state index in [2.05, 4.69) is 0 Å². The van der Waals surface area contributed by atoms with Gasteiger partial charge in [-0.1, -0.05) is 0 Å². The highest BCUT2D eigenvalue weighted by Crippen LogP contribution is 2.31. The Hall–Kier alpha value is -0.600. The number of sulfone groups is 1. The van der Waals surface area contributed by atoms with Gasteiger partial charge in [-0.3, -0.25) is 0 Å². The Morgan fingerprint density at radius 1 is 1.67 bits per heavy atom. The van der Waals surface area contributed by atoms with E-state index in [4.69, 9.17) is 11.0 Å². The van der Waals surface area contributed by atoms with Gasteiger partial charge in [-0.15, -0.1) is 0 Å². The summed E-state index contributed by atoms with van der Waals surface area (Å²) in [7, 11) is -3.01. The number of rotatable bonds is 1. The lowest BCUT2D eigenvalue weighted by Gasteiger charge is -2.12. The van der Waals surface area contributed by atoms with Gasteiger partial charge >= 0.3 is 0 Å². The van der Waals surface area contributed by atoms with Gasteiger partial charge in [0.15, 0.2) is 0 Å². The summed E-state index contributed by atoms with van der Waals surface area (Å²) in [4.78, 5) is 0. The van der Waals surface area contributed by atoms with Crippen molar-refractivity contribution in [3.8, 4) is 6.07 Å². The fourth-order valence-corrected chi connectivity index (χ4v) is 2.64. The van der Waals surface area contributed by atoms with Crippen LogP contribution in [0.2, 0.25) is 0 Å². The SMILES string of the molecule is CS(=O)(=O)[C@@H]1CC[C@](N)(C#N)C1. The molecule has 12 heavy (non-hydrogen) atoms. The van der Waals surface area contributed by atoms with Crippen LogP contribution >= 0.6 is 0 Å². The average molecular weight is 188 g/mol. The Bertz CT molecular complexity index is 317. The van der Waals surface area contributed by atoms with Crippen LogP contribution in [0.15, 0.2) is 0 Å². The van der Waals surface area contributed by atoms with E-state index in [1.54, 1.807) is 0 Å². The van der Waals surface area contributed by atoms with Crippen molar-refractivity contribution in [3.63, 3.8) is 0 Å². The standard InChI is InChI=1S/C7H12N2O2S/c1-12(10,11)6-2-3-7(9,4-6)5-8/h6H,2-4,9H2,1H3/t6-,7-/m1/s1. The van der Waals surface area contributed by atoms with Crippen LogP contribution in [0.25, 0.3) is 0 Å². The molecule has 0 aromatic rings. The summed E-state index contributed by atoms with van der Waals surface area (Å²) in [5, 5.41) is 8.22. The van der Waals surface area contributed by atoms with E-state index in [0.29, 0.717) is 12.8 Å². The molecule has 0 aromatic carbocycles. The molecule has 0 unspecified atom stereocenters. The molecule has 1 saturated carbocycles. The van der Waals surface area contributed by atoms with Gasteiger partial charge in [0.05, 0.1) is 11.3 Å². The van der Waals surface area contributed by atoms with Gasteiger partial charge in [-0.2, -0.15) is 5.26 Å². The molecule has 1 fully saturated rings. The average Bonchev–Trinajstić information content (AvgIpc) is 2.32. The molecule has 5 heteroatoms. The van der Waals surface area contributed by atoms with Gasteiger partial charge in [0.2, 0.25) is 0 Å². The highest BCUT2D eigenvalue weighted by atomic mass is 32.2. The zero-order valence-corrected chi connectivity index (χ0v) is 7.76. The molecule has 0 amide bonds. The van der Waals surface area contributed by atoms with Crippen molar-refractivity contribution in [2.75, 3.05) is 6.26 Å². The summed E-state index contributed by atoms with van der Waals surface area (Å²) in [5.41, 5.74) is 4.71. The van der Waals surface area contributed by atoms with Crippen LogP contribution < -0.4 is 5.73 Å². The molecule has 0 aromatic heterocycles. The third-order valence-electron chi connectivity index (χ3n) is 2.33. The van der Waals surface area contributed by atoms with Gasteiger partial charge in [-0.05, 0) is 19.3 Å². The molecule has 0 spiro atoms. The molecule has 68 valence electrons. The van der Waals surface area contributed by atoms with E-state index in [0.717, 1.165) is 0 Å². The monoisotopic (exact) mass is 188 g/mol. The van der Waals surface area contributed by atoms with Crippen LogP contribution in [0.3, 0.4) is 0 Å². The molecular weight excluding hydrogens is 176 g/mol. The minimum absolute atomic E-state index is 0.280. The molecule has 2 atom stereocenters. The van der Waals surface area contributed by atoms with Crippen LogP contribution in [0, 0.1) is 11.3 Å². The van der Waals surface area contributed by atoms with E-state index in [1.165, 1.54) is 6.26 Å². The normalized spacial score (nSPS) is 36.2. The van der Waals surface area contributed by atoms with Crippen molar-refractivity contribution < 1.29 is 8.42 Å². The van der Waals surface area contributed by atoms with E-state index < -0.39 is 20.6 Å². The highest BCUT2D eigenvalue weighted by molar-refractivity contribution is 7.91. The number of nitrogens with zero attached hydrogens (tertiary/aromatic N) is 1. The molecule has 1 rings (SSSR count). The maximum absolute atomic E-state index is 11.1. The Balaban J connectivity index is 2.78. The van der Waals surface area contributed by atoms with Crippen LogP contribution in [0.5, 0.6) is 0 Å². The fraction of sp³-hybridized carbons (Fsp3) is 0.857. The fourth-order valence-electron chi connectivity index (χ4n) is 1.50. The molecule has 1 aliphatic carbocycles. The maximum atomic E-state index is 11.1. The number of hydrogen-bond donors (Lipinski definition) is 1. The van der Waals surface area contributed by atoms with E-state index in [9.17, 15) is 8.42 Å². The van der Waals surface area contributed by atoms with E-state index in [-0.39, 0.29) is 6.42 Å². The first-order chi connectivity index (χ1) is 5.37. The van der Waals surface area contributed by atoms with Crippen molar-refractivity contribution in [2.24, 2.45) is 5.73 Å². The van der Waals surface area contributed by atoms with Crippen molar-refractivity contribution in [2.45, 2.75) is 30.1 Å². The second-order valence-electron chi connectivity index (χ2n) is 3.46. The first-order valence-electron chi connectivity index (χ1n) is 3.76. The summed E-state index contributed by atoms with van der Waals surface area (Å²) < 4.78 is 22.1. The third kappa shape index (κ3) is 1.76. The minimum Gasteiger partial charge on any atom is -0.313 e. The van der Waals surface area contributed by atoms with E-state index >= 15 is 0 Å². The molecule has 0 heterocycles. The van der Waals surface area contributed by atoms with Crippen molar-refractivity contribution in [1.29, 1.82) is 5.26 Å². The first kappa shape index (κ1) is 9.49. The molecule has 0 saturated heterocycles. The van der Waals surface area contributed by atoms with Crippen molar-refractivity contribution in [1.82, 2.24) is 0 Å². The minimum atomic E-state index is -3.01. The Morgan fingerprint density at radius 3 is 2.50 bits per heavy atom. The van der Waals surface area contributed by atoms with Crippen LogP contribution in [0.1, 0.15) is 19.3 Å².